The Kier molecular flexibility index (Phi) is 1.76. The molecular weight excluding hydrogens is 184 g/mol. The lowest BCUT2D eigenvalue weighted by Gasteiger charge is -2.40. The summed E-state index contributed by atoms with van der Waals surface area (Å²) in [6.07, 6.45) is 7.33. The van der Waals surface area contributed by atoms with Crippen molar-refractivity contribution in [1.82, 2.24) is 0 Å². The van der Waals surface area contributed by atoms with E-state index in [0.717, 1.165) is 11.8 Å². The van der Waals surface area contributed by atoms with E-state index in [4.69, 9.17) is 0 Å². The Labute approximate surface area is 91.9 Å². The molecule has 15 heavy (non-hydrogen) atoms. The largest absolute Gasteiger partial charge is 0.300 e. The molecule has 0 aromatic rings. The second kappa shape index (κ2) is 2.75. The van der Waals surface area contributed by atoms with Gasteiger partial charge in [0.2, 0.25) is 0 Å². The third-order valence-corrected chi connectivity index (χ3v) is 5.51. The molecule has 3 rings (SSSR count). The minimum Gasteiger partial charge on any atom is -0.300 e. The normalized spacial score (nSPS) is 56.1. The molecular formula is C14H20O. The van der Waals surface area contributed by atoms with E-state index in [0.29, 0.717) is 29.0 Å². The highest BCUT2D eigenvalue weighted by Crippen LogP contribution is 2.66. The van der Waals surface area contributed by atoms with E-state index in [1.807, 2.05) is 0 Å². The summed E-state index contributed by atoms with van der Waals surface area (Å²) in [6.45, 7) is 6.51. The molecule has 0 bridgehead atoms. The fourth-order valence-corrected chi connectivity index (χ4v) is 4.71. The summed E-state index contributed by atoms with van der Waals surface area (Å²) in [7, 11) is 0. The molecule has 82 valence electrons. The van der Waals surface area contributed by atoms with E-state index >= 15 is 0 Å². The van der Waals surface area contributed by atoms with Crippen molar-refractivity contribution in [3.63, 3.8) is 0 Å². The van der Waals surface area contributed by atoms with E-state index in [1.54, 1.807) is 6.92 Å². The van der Waals surface area contributed by atoms with Gasteiger partial charge in [0.15, 0.2) is 0 Å². The van der Waals surface area contributed by atoms with E-state index in [1.165, 1.54) is 12.8 Å². The van der Waals surface area contributed by atoms with E-state index < -0.39 is 0 Å². The van der Waals surface area contributed by atoms with Crippen LogP contribution in [-0.4, -0.2) is 5.78 Å². The highest BCUT2D eigenvalue weighted by atomic mass is 16.1. The van der Waals surface area contributed by atoms with Crippen LogP contribution < -0.4 is 0 Å². The zero-order valence-electron chi connectivity index (χ0n) is 9.86. The number of allylic oxidation sites excluding steroid dienone is 2. The smallest absolute Gasteiger partial charge is 0.133 e. The number of hydrogen-bond acceptors (Lipinski definition) is 1. The molecule has 0 aromatic heterocycles. The van der Waals surface area contributed by atoms with Gasteiger partial charge in [-0.05, 0) is 42.4 Å². The zero-order valence-corrected chi connectivity index (χ0v) is 9.86. The van der Waals surface area contributed by atoms with Gasteiger partial charge in [0.05, 0.1) is 0 Å². The van der Waals surface area contributed by atoms with Gasteiger partial charge in [-0.1, -0.05) is 32.4 Å². The zero-order chi connectivity index (χ0) is 10.8. The van der Waals surface area contributed by atoms with Gasteiger partial charge in [0.1, 0.15) is 5.78 Å². The van der Waals surface area contributed by atoms with E-state index in [9.17, 15) is 4.79 Å². The molecule has 2 saturated carbocycles. The van der Waals surface area contributed by atoms with Crippen LogP contribution in [0.15, 0.2) is 12.2 Å². The summed E-state index contributed by atoms with van der Waals surface area (Å²) in [5.74, 6) is 3.55. The van der Waals surface area contributed by atoms with Gasteiger partial charge in [0.25, 0.3) is 0 Å². The van der Waals surface area contributed by atoms with Crippen molar-refractivity contribution < 1.29 is 4.79 Å². The lowest BCUT2D eigenvalue weighted by molar-refractivity contribution is -0.123. The number of carbonyl (C=O) groups is 1. The number of ketones is 1. The topological polar surface area (TPSA) is 17.1 Å². The first-order chi connectivity index (χ1) is 7.05. The molecule has 2 fully saturated rings. The van der Waals surface area contributed by atoms with Crippen molar-refractivity contribution >= 4 is 5.78 Å². The van der Waals surface area contributed by atoms with Crippen molar-refractivity contribution in [3.05, 3.63) is 12.2 Å². The molecule has 1 nitrogen and oxygen atoms in total. The highest BCUT2D eigenvalue weighted by molar-refractivity contribution is 5.80. The molecule has 3 aliphatic rings. The van der Waals surface area contributed by atoms with Crippen LogP contribution in [0.4, 0.5) is 0 Å². The summed E-state index contributed by atoms with van der Waals surface area (Å²) < 4.78 is 0. The van der Waals surface area contributed by atoms with Gasteiger partial charge >= 0.3 is 0 Å². The molecule has 0 aromatic carbocycles. The Bertz CT molecular complexity index is 343. The van der Waals surface area contributed by atoms with Crippen molar-refractivity contribution in [1.29, 1.82) is 0 Å². The van der Waals surface area contributed by atoms with E-state index in [-0.39, 0.29) is 0 Å². The average Bonchev–Trinajstić information content (AvgIpc) is 2.59. The molecule has 0 aliphatic heterocycles. The highest BCUT2D eigenvalue weighted by Gasteiger charge is 2.62. The first kappa shape index (κ1) is 9.62. The fourth-order valence-electron chi connectivity index (χ4n) is 4.71. The van der Waals surface area contributed by atoms with Crippen LogP contribution in [0, 0.1) is 35.0 Å². The standard InChI is InChI=1S/C14H20O/c1-8-4-5-10-12(8)13(9(2)15)11-6-7-14(10,11)3/h6-8,10-13H,4-5H2,1-3H3/t8-,10+,11+,12-,13-,14-/m1/s1. The predicted octanol–water partition coefficient (Wildman–Crippen LogP) is 3.06. The molecule has 0 saturated heterocycles. The first-order valence-corrected chi connectivity index (χ1v) is 6.25. The predicted molar refractivity (Wildman–Crippen MR) is 60.3 cm³/mol. The maximum atomic E-state index is 11.8. The number of Topliss-reactive ketones (excluding diaryl/α,β-unsaturated/α-hetero) is 1. The van der Waals surface area contributed by atoms with Gasteiger partial charge in [0, 0.05) is 5.92 Å². The maximum Gasteiger partial charge on any atom is 0.133 e. The van der Waals surface area contributed by atoms with Crippen LogP contribution in [-0.2, 0) is 4.79 Å². The molecule has 3 aliphatic carbocycles. The SMILES string of the molecule is CC(=O)[C@H]1[C@@H]2[C@H](C)CC[C@@H]2[C@@]2(C)C=C[C@@H]12. The quantitative estimate of drug-likeness (QED) is 0.600. The summed E-state index contributed by atoms with van der Waals surface area (Å²) in [4.78, 5) is 11.8. The average molecular weight is 204 g/mol. The van der Waals surface area contributed by atoms with Crippen LogP contribution in [0.2, 0.25) is 0 Å². The second-order valence-corrected chi connectivity index (χ2v) is 6.13. The van der Waals surface area contributed by atoms with Crippen LogP contribution in [0.25, 0.3) is 0 Å². The first-order valence-electron chi connectivity index (χ1n) is 6.25. The number of rotatable bonds is 1. The molecule has 0 radical (unpaired) electrons. The maximum absolute atomic E-state index is 11.8. The summed E-state index contributed by atoms with van der Waals surface area (Å²) in [5.41, 5.74) is 0.367. The second-order valence-electron chi connectivity index (χ2n) is 6.13. The van der Waals surface area contributed by atoms with Gasteiger partial charge in [-0.25, -0.2) is 0 Å². The molecule has 0 heterocycles. The van der Waals surface area contributed by atoms with Crippen LogP contribution in [0.5, 0.6) is 0 Å². The summed E-state index contributed by atoms with van der Waals surface area (Å²) >= 11 is 0. The molecule has 0 spiro atoms. The van der Waals surface area contributed by atoms with Crippen molar-refractivity contribution in [2.24, 2.45) is 35.0 Å². The Morgan fingerprint density at radius 2 is 2.13 bits per heavy atom. The Hall–Kier alpha value is -0.590. The van der Waals surface area contributed by atoms with Gasteiger partial charge < -0.3 is 0 Å². The Morgan fingerprint density at radius 1 is 1.40 bits per heavy atom. The van der Waals surface area contributed by atoms with Crippen LogP contribution in [0.1, 0.15) is 33.6 Å². The van der Waals surface area contributed by atoms with Gasteiger partial charge in [-0.2, -0.15) is 0 Å². The third kappa shape index (κ3) is 0.971. The lowest BCUT2D eigenvalue weighted by Crippen LogP contribution is -2.35. The van der Waals surface area contributed by atoms with E-state index in [2.05, 4.69) is 26.0 Å². The monoisotopic (exact) mass is 204 g/mol. The Morgan fingerprint density at radius 3 is 2.67 bits per heavy atom. The third-order valence-electron chi connectivity index (χ3n) is 5.51. The minimum absolute atomic E-state index is 0.336. The number of fused-ring (bicyclic) bond motifs is 3. The van der Waals surface area contributed by atoms with Crippen molar-refractivity contribution in [3.8, 4) is 0 Å². The van der Waals surface area contributed by atoms with Gasteiger partial charge in [-0.15, -0.1) is 0 Å². The van der Waals surface area contributed by atoms with Crippen LogP contribution in [0.3, 0.4) is 0 Å². The molecule has 0 N–H and O–H groups in total. The van der Waals surface area contributed by atoms with Gasteiger partial charge in [-0.3, -0.25) is 4.79 Å². The van der Waals surface area contributed by atoms with Crippen molar-refractivity contribution in [2.45, 2.75) is 33.6 Å². The Balaban J connectivity index is 2.03. The summed E-state index contributed by atoms with van der Waals surface area (Å²) in [6, 6.07) is 0. The molecule has 1 heteroatoms. The molecule has 6 atom stereocenters. The van der Waals surface area contributed by atoms with Crippen LogP contribution >= 0.6 is 0 Å². The molecule has 0 amide bonds. The fraction of sp³-hybridized carbons (Fsp3) is 0.786. The lowest BCUT2D eigenvalue weighted by atomic mass is 9.64. The summed E-state index contributed by atoms with van der Waals surface area (Å²) in [5, 5.41) is 0. The van der Waals surface area contributed by atoms with Crippen molar-refractivity contribution in [2.75, 3.05) is 0 Å². The number of carbonyl (C=O) groups excluding carboxylic acids is 1. The number of hydrogen-bond donors (Lipinski definition) is 0. The minimum atomic E-state index is 0.336. The molecule has 0 unspecified atom stereocenters.